The van der Waals surface area contributed by atoms with Gasteiger partial charge in [-0.1, -0.05) is 18.1 Å². The summed E-state index contributed by atoms with van der Waals surface area (Å²) in [6, 6.07) is 6.22. The van der Waals surface area contributed by atoms with Crippen LogP contribution in [0.3, 0.4) is 0 Å². The Morgan fingerprint density at radius 1 is 1.44 bits per heavy atom. The average Bonchev–Trinajstić information content (AvgIpc) is 2.27. The largest absolute Gasteiger partial charge is 0.359 e. The minimum atomic E-state index is -0.840. The van der Waals surface area contributed by atoms with Crippen molar-refractivity contribution < 1.29 is 13.9 Å². The second kappa shape index (κ2) is 5.64. The fourth-order valence-electron chi connectivity index (χ4n) is 1.39. The Morgan fingerprint density at radius 3 is 2.75 bits per heavy atom. The van der Waals surface area contributed by atoms with E-state index in [4.69, 9.17) is 9.47 Å². The number of methoxy groups -OCH3 is 1. The molecule has 0 radical (unpaired) electrons. The van der Waals surface area contributed by atoms with E-state index >= 15 is 0 Å². The molecule has 3 heteroatoms. The topological polar surface area (TPSA) is 18.5 Å². The normalized spacial score (nSPS) is 13.8. The smallest absolute Gasteiger partial charge is 0.154 e. The first-order valence-electron chi connectivity index (χ1n) is 4.95. The van der Waals surface area contributed by atoms with Crippen LogP contribution in [0.2, 0.25) is 0 Å². The van der Waals surface area contributed by atoms with Crippen LogP contribution < -0.4 is 0 Å². The van der Waals surface area contributed by atoms with Gasteiger partial charge in [-0.2, -0.15) is 0 Å². The van der Waals surface area contributed by atoms with E-state index < -0.39 is 5.60 Å². The summed E-state index contributed by atoms with van der Waals surface area (Å²) in [5.74, 6) is 5.40. The van der Waals surface area contributed by atoms with Gasteiger partial charge in [0.25, 0.3) is 0 Å². The molecule has 0 saturated heterocycles. The third kappa shape index (κ3) is 3.06. The maximum Gasteiger partial charge on any atom is 0.154 e. The van der Waals surface area contributed by atoms with Gasteiger partial charge in [0.1, 0.15) is 12.6 Å². The summed E-state index contributed by atoms with van der Waals surface area (Å²) in [5.41, 5.74) is -0.161. The predicted octanol–water partition coefficient (Wildman–Crippen LogP) is 2.68. The van der Waals surface area contributed by atoms with Gasteiger partial charge in [0.05, 0.1) is 0 Å². The molecule has 0 N–H and O–H groups in total. The molecule has 0 aliphatic rings. The van der Waals surface area contributed by atoms with Crippen LogP contribution in [-0.4, -0.2) is 13.9 Å². The average molecular weight is 222 g/mol. The quantitative estimate of drug-likeness (QED) is 0.576. The van der Waals surface area contributed by atoms with Crippen molar-refractivity contribution in [2.24, 2.45) is 0 Å². The molecule has 1 aromatic carbocycles. The van der Waals surface area contributed by atoms with Gasteiger partial charge < -0.3 is 9.47 Å². The van der Waals surface area contributed by atoms with Crippen LogP contribution in [0, 0.1) is 17.7 Å². The molecule has 0 spiro atoms. The zero-order valence-electron chi connectivity index (χ0n) is 9.71. The molecule has 16 heavy (non-hydrogen) atoms. The lowest BCUT2D eigenvalue weighted by molar-refractivity contribution is -0.0991. The first kappa shape index (κ1) is 12.7. The van der Waals surface area contributed by atoms with Crippen LogP contribution in [0.15, 0.2) is 24.3 Å². The summed E-state index contributed by atoms with van der Waals surface area (Å²) >= 11 is 0. The number of ether oxygens (including phenoxy) is 2. The summed E-state index contributed by atoms with van der Waals surface area (Å²) < 4.78 is 23.5. The lowest BCUT2D eigenvalue weighted by Gasteiger charge is -2.24. The van der Waals surface area contributed by atoms with Crippen molar-refractivity contribution >= 4 is 0 Å². The monoisotopic (exact) mass is 222 g/mol. The highest BCUT2D eigenvalue weighted by Crippen LogP contribution is 2.25. The van der Waals surface area contributed by atoms with Crippen molar-refractivity contribution in [3.8, 4) is 11.8 Å². The van der Waals surface area contributed by atoms with Crippen molar-refractivity contribution in [1.29, 1.82) is 0 Å². The maximum absolute atomic E-state index is 13.1. The highest BCUT2D eigenvalue weighted by molar-refractivity contribution is 5.31. The lowest BCUT2D eigenvalue weighted by Crippen LogP contribution is -2.25. The first-order valence-corrected chi connectivity index (χ1v) is 4.95. The molecule has 0 fully saturated rings. The summed E-state index contributed by atoms with van der Waals surface area (Å²) in [5, 5.41) is 0. The summed E-state index contributed by atoms with van der Waals surface area (Å²) in [6.45, 7) is 3.62. The highest BCUT2D eigenvalue weighted by Gasteiger charge is 2.25. The van der Waals surface area contributed by atoms with Gasteiger partial charge in [-0.3, -0.25) is 0 Å². The van der Waals surface area contributed by atoms with E-state index in [0.29, 0.717) is 5.56 Å². The number of rotatable bonds is 4. The Kier molecular flexibility index (Phi) is 4.48. The molecule has 2 nitrogen and oxygen atoms in total. The van der Waals surface area contributed by atoms with Gasteiger partial charge >= 0.3 is 0 Å². The predicted molar refractivity (Wildman–Crippen MR) is 60.2 cm³/mol. The van der Waals surface area contributed by atoms with Gasteiger partial charge in [0.2, 0.25) is 0 Å². The Labute approximate surface area is 95.4 Å². The van der Waals surface area contributed by atoms with Gasteiger partial charge in [0.15, 0.2) is 5.60 Å². The summed E-state index contributed by atoms with van der Waals surface area (Å²) in [7, 11) is 1.53. The summed E-state index contributed by atoms with van der Waals surface area (Å²) in [4.78, 5) is 0. The van der Waals surface area contributed by atoms with Gasteiger partial charge in [0, 0.05) is 7.11 Å². The second-order valence-electron chi connectivity index (χ2n) is 3.47. The summed E-state index contributed by atoms with van der Waals surface area (Å²) in [6.07, 6.45) is 0. The van der Waals surface area contributed by atoms with E-state index in [1.807, 2.05) is 0 Å². The minimum absolute atomic E-state index is 0.113. The molecule has 1 unspecified atom stereocenters. The third-order valence-corrected chi connectivity index (χ3v) is 2.20. The standard InChI is InChI=1S/C13H15FO2/c1-4-8-13(2,16-10-15-3)11-6-5-7-12(14)9-11/h5-7,9H,10H2,1-3H3. The van der Waals surface area contributed by atoms with E-state index in [-0.39, 0.29) is 12.6 Å². The Balaban J connectivity index is 3.04. The highest BCUT2D eigenvalue weighted by atomic mass is 19.1. The number of hydrogen-bond donors (Lipinski definition) is 0. The van der Waals surface area contributed by atoms with Crippen LogP contribution >= 0.6 is 0 Å². The zero-order chi connectivity index (χ0) is 12.0. The van der Waals surface area contributed by atoms with E-state index in [1.165, 1.54) is 19.2 Å². The van der Waals surface area contributed by atoms with Crippen molar-refractivity contribution in [3.05, 3.63) is 35.6 Å². The van der Waals surface area contributed by atoms with Crippen molar-refractivity contribution in [2.75, 3.05) is 13.9 Å². The molecule has 1 atom stereocenters. The van der Waals surface area contributed by atoms with Crippen molar-refractivity contribution in [1.82, 2.24) is 0 Å². The zero-order valence-corrected chi connectivity index (χ0v) is 9.71. The molecule has 1 rings (SSSR count). The SMILES string of the molecule is CC#CC(C)(OCOC)c1cccc(F)c1. The molecule has 0 saturated carbocycles. The second-order valence-corrected chi connectivity index (χ2v) is 3.47. The molecular weight excluding hydrogens is 207 g/mol. The van der Waals surface area contributed by atoms with Crippen LogP contribution in [0.5, 0.6) is 0 Å². The van der Waals surface area contributed by atoms with Gasteiger partial charge in [-0.15, -0.1) is 5.92 Å². The molecule has 1 aromatic rings. The van der Waals surface area contributed by atoms with E-state index in [2.05, 4.69) is 11.8 Å². The van der Waals surface area contributed by atoms with E-state index in [0.717, 1.165) is 0 Å². The molecular formula is C13H15FO2. The molecule has 0 aromatic heterocycles. The Morgan fingerprint density at radius 2 is 2.19 bits per heavy atom. The molecule has 0 bridgehead atoms. The van der Waals surface area contributed by atoms with Crippen LogP contribution in [0.25, 0.3) is 0 Å². The molecule has 0 heterocycles. The fraction of sp³-hybridized carbons (Fsp3) is 0.385. The number of halogens is 1. The van der Waals surface area contributed by atoms with E-state index in [1.54, 1.807) is 26.0 Å². The van der Waals surface area contributed by atoms with Crippen LogP contribution in [0.1, 0.15) is 19.4 Å². The maximum atomic E-state index is 13.1. The van der Waals surface area contributed by atoms with Crippen molar-refractivity contribution in [2.45, 2.75) is 19.4 Å². The lowest BCUT2D eigenvalue weighted by atomic mass is 9.96. The molecule has 0 amide bonds. The molecule has 0 aliphatic carbocycles. The number of benzene rings is 1. The van der Waals surface area contributed by atoms with E-state index in [9.17, 15) is 4.39 Å². The molecule has 0 aliphatic heterocycles. The Bertz CT molecular complexity index is 406. The third-order valence-electron chi connectivity index (χ3n) is 2.20. The van der Waals surface area contributed by atoms with Gasteiger partial charge in [-0.25, -0.2) is 4.39 Å². The fourth-order valence-corrected chi connectivity index (χ4v) is 1.39. The Hall–Kier alpha value is -1.37. The van der Waals surface area contributed by atoms with Crippen LogP contribution in [-0.2, 0) is 15.1 Å². The van der Waals surface area contributed by atoms with Crippen LogP contribution in [0.4, 0.5) is 4.39 Å². The first-order chi connectivity index (χ1) is 7.62. The van der Waals surface area contributed by atoms with Gasteiger partial charge in [-0.05, 0) is 31.5 Å². The van der Waals surface area contributed by atoms with Crippen molar-refractivity contribution in [3.63, 3.8) is 0 Å². The molecule has 86 valence electrons. The minimum Gasteiger partial charge on any atom is -0.359 e. The number of hydrogen-bond acceptors (Lipinski definition) is 2.